The number of hydrogen-bond acceptors (Lipinski definition) is 3. The highest BCUT2D eigenvalue weighted by molar-refractivity contribution is 9.10. The summed E-state index contributed by atoms with van der Waals surface area (Å²) in [6.07, 6.45) is 0. The lowest BCUT2D eigenvalue weighted by atomic mass is 10.3. The summed E-state index contributed by atoms with van der Waals surface area (Å²) >= 11 is 10.7. The van der Waals surface area contributed by atoms with Gasteiger partial charge in [0, 0.05) is 27.5 Å². The van der Waals surface area contributed by atoms with Gasteiger partial charge in [0.15, 0.2) is 0 Å². The molecule has 0 aromatic heterocycles. The van der Waals surface area contributed by atoms with Gasteiger partial charge in [-0.05, 0) is 34.1 Å². The summed E-state index contributed by atoms with van der Waals surface area (Å²) in [5, 5.41) is 12.4. The maximum atomic E-state index is 12.2. The van der Waals surface area contributed by atoms with Gasteiger partial charge < -0.3 is 15.3 Å². The zero-order chi connectivity index (χ0) is 14.7. The summed E-state index contributed by atoms with van der Waals surface area (Å²) in [4.78, 5) is 24.7. The van der Waals surface area contributed by atoms with Crippen LogP contribution in [0, 0.1) is 0 Å². The Morgan fingerprint density at radius 1 is 1.50 bits per heavy atom. The predicted molar refractivity (Wildman–Crippen MR) is 83.6 cm³/mol. The number of halogens is 2. The smallest absolute Gasteiger partial charge is 0.327 e. The minimum absolute atomic E-state index is 0.407. The molecule has 1 fully saturated rings. The van der Waals surface area contributed by atoms with Gasteiger partial charge in [-0.15, -0.1) is 0 Å². The zero-order valence-electron chi connectivity index (χ0n) is 10.3. The summed E-state index contributed by atoms with van der Waals surface area (Å²) in [6, 6.07) is 3.78. The van der Waals surface area contributed by atoms with Gasteiger partial charge in [0.2, 0.25) is 0 Å². The van der Waals surface area contributed by atoms with Crippen molar-refractivity contribution in [3.8, 4) is 0 Å². The molecule has 1 aromatic carbocycles. The number of anilines is 1. The molecule has 20 heavy (non-hydrogen) atoms. The topological polar surface area (TPSA) is 69.6 Å². The van der Waals surface area contributed by atoms with Gasteiger partial charge in [-0.1, -0.05) is 11.6 Å². The number of amides is 2. The van der Waals surface area contributed by atoms with Gasteiger partial charge in [0.25, 0.3) is 0 Å². The zero-order valence-corrected chi connectivity index (χ0v) is 13.5. The van der Waals surface area contributed by atoms with Crippen LogP contribution in [0.3, 0.4) is 0 Å². The largest absolute Gasteiger partial charge is 0.480 e. The molecule has 1 aromatic rings. The first-order chi connectivity index (χ1) is 9.49. The maximum absolute atomic E-state index is 12.2. The molecular formula is C12H12BrClN2O3S. The van der Waals surface area contributed by atoms with Gasteiger partial charge in [-0.2, -0.15) is 11.8 Å². The van der Waals surface area contributed by atoms with Crippen molar-refractivity contribution in [3.05, 3.63) is 27.7 Å². The summed E-state index contributed by atoms with van der Waals surface area (Å²) in [7, 11) is 0. The van der Waals surface area contributed by atoms with Crippen molar-refractivity contribution in [1.82, 2.24) is 4.90 Å². The highest BCUT2D eigenvalue weighted by atomic mass is 79.9. The van der Waals surface area contributed by atoms with E-state index in [1.165, 1.54) is 16.7 Å². The molecule has 0 saturated carbocycles. The van der Waals surface area contributed by atoms with Crippen LogP contribution < -0.4 is 5.32 Å². The Kier molecular flexibility index (Phi) is 5.17. The molecule has 1 saturated heterocycles. The molecule has 1 heterocycles. The minimum atomic E-state index is -0.984. The van der Waals surface area contributed by atoms with Crippen molar-refractivity contribution in [2.45, 2.75) is 6.04 Å². The Balaban J connectivity index is 2.12. The molecular weight excluding hydrogens is 368 g/mol. The summed E-state index contributed by atoms with van der Waals surface area (Å²) in [5.74, 6) is 0.159. The molecule has 1 unspecified atom stereocenters. The number of urea groups is 1. The second kappa shape index (κ2) is 6.69. The predicted octanol–water partition coefficient (Wildman–Crippen LogP) is 3.14. The highest BCUT2D eigenvalue weighted by Crippen LogP contribution is 2.27. The molecule has 1 aliphatic rings. The van der Waals surface area contributed by atoms with Crippen LogP contribution in [0.5, 0.6) is 0 Å². The monoisotopic (exact) mass is 378 g/mol. The van der Waals surface area contributed by atoms with E-state index in [0.29, 0.717) is 27.5 Å². The summed E-state index contributed by atoms with van der Waals surface area (Å²) < 4.78 is 0.650. The van der Waals surface area contributed by atoms with Gasteiger partial charge in [0.05, 0.1) is 5.69 Å². The quantitative estimate of drug-likeness (QED) is 0.828. The molecule has 2 rings (SSSR count). The lowest BCUT2D eigenvalue weighted by molar-refractivity contribution is -0.141. The van der Waals surface area contributed by atoms with Crippen molar-refractivity contribution < 1.29 is 14.7 Å². The third-order valence-corrected chi connectivity index (χ3v) is 4.76. The Labute approximate surface area is 133 Å². The Morgan fingerprint density at radius 2 is 2.25 bits per heavy atom. The molecule has 2 N–H and O–H groups in total. The fourth-order valence-corrected chi connectivity index (χ4v) is 3.65. The fraction of sp³-hybridized carbons (Fsp3) is 0.333. The van der Waals surface area contributed by atoms with E-state index in [-0.39, 0.29) is 0 Å². The summed E-state index contributed by atoms with van der Waals surface area (Å²) in [5.41, 5.74) is 0.557. The molecule has 1 aliphatic heterocycles. The molecule has 2 amide bonds. The van der Waals surface area contributed by atoms with Gasteiger partial charge in [-0.3, -0.25) is 0 Å². The van der Waals surface area contributed by atoms with Crippen LogP contribution in [-0.2, 0) is 4.79 Å². The number of nitrogens with one attached hydrogen (secondary N) is 1. The average Bonchev–Trinajstić information content (AvgIpc) is 2.41. The molecule has 108 valence electrons. The van der Waals surface area contributed by atoms with Gasteiger partial charge in [0.1, 0.15) is 6.04 Å². The van der Waals surface area contributed by atoms with E-state index in [4.69, 9.17) is 16.7 Å². The number of nitrogens with zero attached hydrogens (tertiary/aromatic N) is 1. The van der Waals surface area contributed by atoms with E-state index in [2.05, 4.69) is 21.2 Å². The second-order valence-corrected chi connectivity index (χ2v) is 6.62. The number of hydrogen-bond donors (Lipinski definition) is 2. The first kappa shape index (κ1) is 15.5. The Hall–Kier alpha value is -0.920. The van der Waals surface area contributed by atoms with Crippen LogP contribution >= 0.6 is 39.3 Å². The van der Waals surface area contributed by atoms with Gasteiger partial charge in [-0.25, -0.2) is 9.59 Å². The van der Waals surface area contributed by atoms with Crippen LogP contribution in [0.15, 0.2) is 22.7 Å². The lowest BCUT2D eigenvalue weighted by Crippen LogP contribution is -2.51. The highest BCUT2D eigenvalue weighted by Gasteiger charge is 2.32. The normalized spacial score (nSPS) is 18.7. The van der Waals surface area contributed by atoms with Crippen molar-refractivity contribution in [2.75, 3.05) is 23.4 Å². The van der Waals surface area contributed by atoms with Crippen molar-refractivity contribution >= 4 is 57.0 Å². The number of carbonyl (C=O) groups is 2. The molecule has 0 aliphatic carbocycles. The molecule has 0 spiro atoms. The van der Waals surface area contributed by atoms with E-state index < -0.39 is 18.0 Å². The number of aliphatic carboxylic acids is 1. The Morgan fingerprint density at radius 3 is 2.90 bits per heavy atom. The number of benzene rings is 1. The van der Waals surface area contributed by atoms with Crippen LogP contribution in [0.4, 0.5) is 10.5 Å². The third kappa shape index (κ3) is 3.59. The van der Waals surface area contributed by atoms with Crippen LogP contribution in [-0.4, -0.2) is 46.1 Å². The third-order valence-electron chi connectivity index (χ3n) is 2.85. The average molecular weight is 380 g/mol. The molecule has 0 radical (unpaired) electrons. The van der Waals surface area contributed by atoms with Crippen molar-refractivity contribution in [2.24, 2.45) is 0 Å². The SMILES string of the molecule is O=C(O)C1CSCCN1C(=O)Nc1ccc(Cl)cc1Br. The standard InChI is InChI=1S/C12H12BrClN2O3S/c13-8-5-7(14)1-2-9(8)15-12(19)16-3-4-20-6-10(16)11(17)18/h1-2,5,10H,3-4,6H2,(H,15,19)(H,17,18). The molecule has 8 heteroatoms. The Bertz CT molecular complexity index is 543. The molecule has 0 bridgehead atoms. The first-order valence-corrected chi connectivity index (χ1v) is 8.15. The fourth-order valence-electron chi connectivity index (χ4n) is 1.83. The first-order valence-electron chi connectivity index (χ1n) is 5.82. The van der Waals surface area contributed by atoms with E-state index >= 15 is 0 Å². The number of thioether (sulfide) groups is 1. The summed E-state index contributed by atoms with van der Waals surface area (Å²) in [6.45, 7) is 0.415. The van der Waals surface area contributed by atoms with E-state index in [0.717, 1.165) is 5.75 Å². The number of carbonyl (C=O) groups excluding carboxylic acids is 1. The van der Waals surface area contributed by atoms with E-state index in [9.17, 15) is 9.59 Å². The maximum Gasteiger partial charge on any atom is 0.327 e. The van der Waals surface area contributed by atoms with Crippen molar-refractivity contribution in [1.29, 1.82) is 0 Å². The minimum Gasteiger partial charge on any atom is -0.480 e. The second-order valence-electron chi connectivity index (χ2n) is 4.18. The molecule has 1 atom stereocenters. The van der Waals surface area contributed by atoms with E-state index in [1.807, 2.05) is 0 Å². The van der Waals surface area contributed by atoms with Crippen LogP contribution in [0.1, 0.15) is 0 Å². The van der Waals surface area contributed by atoms with Crippen LogP contribution in [0.2, 0.25) is 5.02 Å². The van der Waals surface area contributed by atoms with E-state index in [1.54, 1.807) is 18.2 Å². The number of carboxylic acid groups (broad SMARTS) is 1. The van der Waals surface area contributed by atoms with Crippen molar-refractivity contribution in [3.63, 3.8) is 0 Å². The van der Waals surface area contributed by atoms with Gasteiger partial charge >= 0.3 is 12.0 Å². The lowest BCUT2D eigenvalue weighted by Gasteiger charge is -2.32. The number of rotatable bonds is 2. The molecule has 5 nitrogen and oxygen atoms in total. The van der Waals surface area contributed by atoms with Crippen LogP contribution in [0.25, 0.3) is 0 Å². The number of carboxylic acids is 1.